The van der Waals surface area contributed by atoms with Crippen molar-refractivity contribution >= 4 is 17.1 Å². The van der Waals surface area contributed by atoms with E-state index in [1.54, 1.807) is 0 Å². The summed E-state index contributed by atoms with van der Waals surface area (Å²) >= 11 is 1.52. The van der Waals surface area contributed by atoms with Gasteiger partial charge >= 0.3 is 0 Å². The Hall–Kier alpha value is -0.700. The normalized spacial score (nSPS) is 12.9. The third-order valence-electron chi connectivity index (χ3n) is 2.30. The summed E-state index contributed by atoms with van der Waals surface area (Å²) in [5, 5.41) is 0.981. The van der Waals surface area contributed by atoms with Crippen LogP contribution < -0.4 is 0 Å². The van der Waals surface area contributed by atoms with E-state index >= 15 is 0 Å². The van der Waals surface area contributed by atoms with Gasteiger partial charge in [0.05, 0.1) is 15.6 Å². The maximum absolute atomic E-state index is 11.9. The average molecular weight is 211 g/mol. The molecule has 0 aliphatic heterocycles. The van der Waals surface area contributed by atoms with Gasteiger partial charge in [-0.15, -0.1) is 11.3 Å². The predicted molar refractivity (Wildman–Crippen MR) is 60.0 cm³/mol. The molecule has 1 heterocycles. The van der Waals surface area contributed by atoms with Gasteiger partial charge in [0, 0.05) is 5.92 Å². The Morgan fingerprint density at radius 1 is 1.50 bits per heavy atom. The first-order valence-corrected chi connectivity index (χ1v) is 5.86. The lowest BCUT2D eigenvalue weighted by molar-refractivity contribution is 0.0927. The summed E-state index contributed by atoms with van der Waals surface area (Å²) in [7, 11) is 0. The van der Waals surface area contributed by atoms with Gasteiger partial charge < -0.3 is 0 Å². The molecule has 0 amide bonds. The van der Waals surface area contributed by atoms with Crippen LogP contribution in [0.2, 0.25) is 0 Å². The SMILES string of the molecule is CCCC(C)C(=O)c1sc(C)nc1C. The van der Waals surface area contributed by atoms with Gasteiger partial charge in [-0.25, -0.2) is 4.98 Å². The fraction of sp³-hybridized carbons (Fsp3) is 0.636. The van der Waals surface area contributed by atoms with Crippen LogP contribution in [0.1, 0.15) is 47.1 Å². The maximum atomic E-state index is 11.9. The molecule has 0 spiro atoms. The van der Waals surface area contributed by atoms with Crippen LogP contribution in [-0.2, 0) is 0 Å². The van der Waals surface area contributed by atoms with E-state index in [1.807, 2.05) is 20.8 Å². The number of hydrogen-bond acceptors (Lipinski definition) is 3. The zero-order valence-corrected chi connectivity index (χ0v) is 10.1. The average Bonchev–Trinajstić information content (AvgIpc) is 2.44. The van der Waals surface area contributed by atoms with Crippen LogP contribution in [0, 0.1) is 19.8 Å². The van der Waals surface area contributed by atoms with Crippen molar-refractivity contribution in [2.24, 2.45) is 5.92 Å². The third kappa shape index (κ3) is 2.41. The zero-order valence-electron chi connectivity index (χ0n) is 9.26. The summed E-state index contributed by atoms with van der Waals surface area (Å²) in [6.45, 7) is 7.96. The van der Waals surface area contributed by atoms with Crippen molar-refractivity contribution in [3.8, 4) is 0 Å². The smallest absolute Gasteiger partial charge is 0.177 e. The van der Waals surface area contributed by atoms with Crippen LogP contribution in [0.15, 0.2) is 0 Å². The van der Waals surface area contributed by atoms with Crippen molar-refractivity contribution in [1.82, 2.24) is 4.98 Å². The summed E-state index contributed by atoms with van der Waals surface area (Å²) in [5.41, 5.74) is 0.889. The Balaban J connectivity index is 2.83. The van der Waals surface area contributed by atoms with Gasteiger partial charge in [-0.2, -0.15) is 0 Å². The third-order valence-corrected chi connectivity index (χ3v) is 3.38. The Morgan fingerprint density at radius 3 is 2.57 bits per heavy atom. The number of aromatic nitrogens is 1. The van der Waals surface area contributed by atoms with Gasteiger partial charge in [-0.05, 0) is 20.3 Å². The van der Waals surface area contributed by atoms with E-state index in [0.717, 1.165) is 28.4 Å². The summed E-state index contributed by atoms with van der Waals surface area (Å²) in [5.74, 6) is 0.397. The summed E-state index contributed by atoms with van der Waals surface area (Å²) < 4.78 is 0. The number of thiazole rings is 1. The second kappa shape index (κ2) is 4.69. The molecule has 0 fully saturated rings. The molecular weight excluding hydrogens is 194 g/mol. The molecule has 0 bridgehead atoms. The second-order valence-electron chi connectivity index (χ2n) is 3.70. The molecule has 0 aliphatic rings. The molecular formula is C11H17NOS. The first-order valence-electron chi connectivity index (χ1n) is 5.04. The molecule has 3 heteroatoms. The highest BCUT2D eigenvalue weighted by Gasteiger charge is 2.19. The van der Waals surface area contributed by atoms with E-state index in [2.05, 4.69) is 11.9 Å². The summed E-state index contributed by atoms with van der Waals surface area (Å²) in [6, 6.07) is 0. The molecule has 0 aromatic carbocycles. The highest BCUT2D eigenvalue weighted by atomic mass is 32.1. The molecule has 0 saturated heterocycles. The topological polar surface area (TPSA) is 30.0 Å². The molecule has 0 aliphatic carbocycles. The first-order chi connectivity index (χ1) is 6.56. The Kier molecular flexibility index (Phi) is 3.81. The number of ketones is 1. The molecule has 1 rings (SSSR count). The number of rotatable bonds is 4. The second-order valence-corrected chi connectivity index (χ2v) is 4.90. The quantitative estimate of drug-likeness (QED) is 0.715. The minimum atomic E-state index is 0.138. The van der Waals surface area contributed by atoms with Crippen molar-refractivity contribution in [3.05, 3.63) is 15.6 Å². The lowest BCUT2D eigenvalue weighted by Gasteiger charge is -2.06. The molecule has 1 unspecified atom stereocenters. The van der Waals surface area contributed by atoms with Gasteiger partial charge in [-0.3, -0.25) is 4.79 Å². The fourth-order valence-corrected chi connectivity index (χ4v) is 2.52. The molecule has 1 aromatic rings. The van der Waals surface area contributed by atoms with Crippen molar-refractivity contribution in [2.45, 2.75) is 40.5 Å². The molecule has 0 radical (unpaired) electrons. The minimum absolute atomic E-state index is 0.138. The number of nitrogens with zero attached hydrogens (tertiary/aromatic N) is 1. The highest BCUT2D eigenvalue weighted by Crippen LogP contribution is 2.22. The van der Waals surface area contributed by atoms with Crippen molar-refractivity contribution < 1.29 is 4.79 Å². The fourth-order valence-electron chi connectivity index (χ4n) is 1.55. The predicted octanol–water partition coefficient (Wildman–Crippen LogP) is 3.38. The van der Waals surface area contributed by atoms with Crippen LogP contribution in [0.5, 0.6) is 0 Å². The van der Waals surface area contributed by atoms with E-state index in [4.69, 9.17) is 0 Å². The van der Waals surface area contributed by atoms with Crippen LogP contribution >= 0.6 is 11.3 Å². The van der Waals surface area contributed by atoms with E-state index in [0.29, 0.717) is 0 Å². The standard InChI is InChI=1S/C11H17NOS/c1-5-6-7(2)10(13)11-8(3)12-9(4)14-11/h7H,5-6H2,1-4H3. The first kappa shape index (κ1) is 11.4. The van der Waals surface area contributed by atoms with Gasteiger partial charge in [0.2, 0.25) is 0 Å². The Labute approximate surface area is 89.4 Å². The van der Waals surface area contributed by atoms with Crippen LogP contribution in [0.25, 0.3) is 0 Å². The van der Waals surface area contributed by atoms with Gasteiger partial charge in [0.15, 0.2) is 5.78 Å². The molecule has 0 N–H and O–H groups in total. The minimum Gasteiger partial charge on any atom is -0.293 e. The van der Waals surface area contributed by atoms with Crippen molar-refractivity contribution in [3.63, 3.8) is 0 Å². The summed E-state index contributed by atoms with van der Waals surface area (Å²) in [4.78, 5) is 17.1. The van der Waals surface area contributed by atoms with Gasteiger partial charge in [0.25, 0.3) is 0 Å². The number of carbonyl (C=O) groups is 1. The van der Waals surface area contributed by atoms with Gasteiger partial charge in [0.1, 0.15) is 0 Å². The molecule has 2 nitrogen and oxygen atoms in total. The van der Waals surface area contributed by atoms with Crippen molar-refractivity contribution in [1.29, 1.82) is 0 Å². The van der Waals surface area contributed by atoms with E-state index < -0.39 is 0 Å². The van der Waals surface area contributed by atoms with Crippen LogP contribution in [0.3, 0.4) is 0 Å². The molecule has 1 atom stereocenters. The van der Waals surface area contributed by atoms with Crippen LogP contribution in [0.4, 0.5) is 0 Å². The number of hydrogen-bond donors (Lipinski definition) is 0. The number of carbonyl (C=O) groups excluding carboxylic acids is 1. The summed E-state index contributed by atoms with van der Waals surface area (Å²) in [6.07, 6.45) is 2.03. The molecule has 14 heavy (non-hydrogen) atoms. The Morgan fingerprint density at radius 2 is 2.14 bits per heavy atom. The molecule has 78 valence electrons. The highest BCUT2D eigenvalue weighted by molar-refractivity contribution is 7.13. The largest absolute Gasteiger partial charge is 0.293 e. The van der Waals surface area contributed by atoms with E-state index in [9.17, 15) is 4.79 Å². The number of Topliss-reactive ketones (excluding diaryl/α,β-unsaturated/α-hetero) is 1. The zero-order chi connectivity index (χ0) is 10.7. The maximum Gasteiger partial charge on any atom is 0.177 e. The molecule has 0 saturated carbocycles. The van der Waals surface area contributed by atoms with Crippen LogP contribution in [-0.4, -0.2) is 10.8 Å². The molecule has 1 aromatic heterocycles. The van der Waals surface area contributed by atoms with E-state index in [-0.39, 0.29) is 11.7 Å². The monoisotopic (exact) mass is 211 g/mol. The number of aryl methyl sites for hydroxylation is 2. The van der Waals surface area contributed by atoms with Crippen molar-refractivity contribution in [2.75, 3.05) is 0 Å². The lowest BCUT2D eigenvalue weighted by atomic mass is 9.99. The van der Waals surface area contributed by atoms with E-state index in [1.165, 1.54) is 11.3 Å². The lowest BCUT2D eigenvalue weighted by Crippen LogP contribution is -2.10. The van der Waals surface area contributed by atoms with Gasteiger partial charge in [-0.1, -0.05) is 20.3 Å². The Bertz CT molecular complexity index is 330.